The first-order chi connectivity index (χ1) is 9.48. The summed E-state index contributed by atoms with van der Waals surface area (Å²) in [6.07, 6.45) is 14.7. The topological polar surface area (TPSA) is 26.0 Å². The third kappa shape index (κ3) is 2.07. The summed E-state index contributed by atoms with van der Waals surface area (Å²) in [7, 11) is 0. The predicted molar refractivity (Wildman–Crippen MR) is 84.3 cm³/mol. The number of nitrogens with two attached hydrogens (primary N) is 1. The van der Waals surface area contributed by atoms with E-state index in [4.69, 9.17) is 5.73 Å². The molecule has 114 valence electrons. The molecular weight excluding hydrogens is 242 g/mol. The van der Waals surface area contributed by atoms with Crippen molar-refractivity contribution < 1.29 is 0 Å². The van der Waals surface area contributed by atoms with Crippen LogP contribution < -0.4 is 5.73 Å². The van der Waals surface area contributed by atoms with E-state index in [1.807, 2.05) is 0 Å². The molecule has 2 N–H and O–H groups in total. The van der Waals surface area contributed by atoms with Crippen molar-refractivity contribution in [2.75, 3.05) is 0 Å². The van der Waals surface area contributed by atoms with Crippen LogP contribution in [0.15, 0.2) is 0 Å². The monoisotopic (exact) mass is 275 g/mol. The predicted octanol–water partition coefficient (Wildman–Crippen LogP) is 4.75. The summed E-state index contributed by atoms with van der Waals surface area (Å²) in [5, 5.41) is 0. The van der Waals surface area contributed by atoms with Crippen LogP contribution in [0.2, 0.25) is 0 Å². The standard InChI is InChI=1S/C19H33N/c1-13-4-3-5-16(6-13)17(20)19-10-14-7-15(11-19)9-18(2,8-14)12-19/h13-17H,3-12,20H2,1-2H3. The highest BCUT2D eigenvalue weighted by molar-refractivity contribution is 5.10. The molecule has 1 nitrogen and oxygen atoms in total. The third-order valence-electron chi connectivity index (χ3n) is 7.59. The lowest BCUT2D eigenvalue weighted by Gasteiger charge is -2.64. The van der Waals surface area contributed by atoms with Crippen molar-refractivity contribution in [2.45, 2.75) is 84.1 Å². The second-order valence-electron chi connectivity index (χ2n) is 9.69. The Labute approximate surface area is 125 Å². The van der Waals surface area contributed by atoms with E-state index in [-0.39, 0.29) is 0 Å². The quantitative estimate of drug-likeness (QED) is 0.773. The Bertz CT molecular complexity index is 373. The molecule has 5 aliphatic rings. The Morgan fingerprint density at radius 3 is 2.30 bits per heavy atom. The lowest BCUT2D eigenvalue weighted by atomic mass is 9.42. The van der Waals surface area contributed by atoms with Gasteiger partial charge >= 0.3 is 0 Å². The van der Waals surface area contributed by atoms with Gasteiger partial charge in [0.25, 0.3) is 0 Å². The summed E-state index contributed by atoms with van der Waals surface area (Å²) in [4.78, 5) is 0. The summed E-state index contributed by atoms with van der Waals surface area (Å²) >= 11 is 0. The van der Waals surface area contributed by atoms with Crippen LogP contribution in [0, 0.1) is 34.5 Å². The van der Waals surface area contributed by atoms with Gasteiger partial charge in [-0.05, 0) is 85.9 Å². The lowest BCUT2D eigenvalue weighted by Crippen LogP contribution is -2.59. The maximum absolute atomic E-state index is 6.97. The molecule has 0 amide bonds. The van der Waals surface area contributed by atoms with Gasteiger partial charge in [-0.15, -0.1) is 0 Å². The summed E-state index contributed by atoms with van der Waals surface area (Å²) < 4.78 is 0. The summed E-state index contributed by atoms with van der Waals surface area (Å²) in [5.74, 6) is 3.80. The molecule has 0 radical (unpaired) electrons. The molecule has 0 aliphatic heterocycles. The van der Waals surface area contributed by atoms with Gasteiger partial charge in [-0.3, -0.25) is 0 Å². The van der Waals surface area contributed by atoms with Gasteiger partial charge in [0, 0.05) is 6.04 Å². The second-order valence-corrected chi connectivity index (χ2v) is 9.69. The maximum Gasteiger partial charge on any atom is 0.0124 e. The Kier molecular flexibility index (Phi) is 3.05. The van der Waals surface area contributed by atoms with Crippen LogP contribution >= 0.6 is 0 Å². The van der Waals surface area contributed by atoms with Gasteiger partial charge in [0.15, 0.2) is 0 Å². The zero-order valence-electron chi connectivity index (χ0n) is 13.5. The molecule has 5 saturated carbocycles. The van der Waals surface area contributed by atoms with E-state index in [1.54, 1.807) is 0 Å². The van der Waals surface area contributed by atoms with Crippen LogP contribution in [-0.4, -0.2) is 6.04 Å². The van der Waals surface area contributed by atoms with Gasteiger partial charge in [0.2, 0.25) is 0 Å². The fourth-order valence-corrected chi connectivity index (χ4v) is 7.50. The first-order valence-corrected chi connectivity index (χ1v) is 9.24. The van der Waals surface area contributed by atoms with Gasteiger partial charge in [0.1, 0.15) is 0 Å². The van der Waals surface area contributed by atoms with Crippen LogP contribution in [-0.2, 0) is 0 Å². The van der Waals surface area contributed by atoms with Gasteiger partial charge in [-0.25, -0.2) is 0 Å². The summed E-state index contributed by atoms with van der Waals surface area (Å²) in [6.45, 7) is 5.02. The second kappa shape index (κ2) is 4.48. The average molecular weight is 275 g/mol. The van der Waals surface area contributed by atoms with E-state index in [2.05, 4.69) is 13.8 Å². The first-order valence-electron chi connectivity index (χ1n) is 9.24. The average Bonchev–Trinajstić information content (AvgIpc) is 2.35. The molecular formula is C19H33N. The van der Waals surface area contributed by atoms with Crippen molar-refractivity contribution in [3.63, 3.8) is 0 Å². The van der Waals surface area contributed by atoms with E-state index in [0.717, 1.165) is 23.7 Å². The molecule has 0 heterocycles. The zero-order chi connectivity index (χ0) is 14.0. The smallest absolute Gasteiger partial charge is 0.0124 e. The third-order valence-corrected chi connectivity index (χ3v) is 7.59. The fourth-order valence-electron chi connectivity index (χ4n) is 7.50. The Morgan fingerprint density at radius 2 is 1.70 bits per heavy atom. The summed E-state index contributed by atoms with van der Waals surface area (Å²) in [5.41, 5.74) is 8.17. The van der Waals surface area contributed by atoms with E-state index >= 15 is 0 Å². The molecule has 0 spiro atoms. The minimum absolute atomic E-state index is 0.510. The molecule has 20 heavy (non-hydrogen) atoms. The number of rotatable bonds is 2. The fraction of sp³-hybridized carbons (Fsp3) is 1.00. The van der Waals surface area contributed by atoms with Crippen molar-refractivity contribution in [3.8, 4) is 0 Å². The molecule has 1 heteroatoms. The van der Waals surface area contributed by atoms with Gasteiger partial charge in [-0.1, -0.05) is 26.7 Å². The molecule has 0 saturated heterocycles. The highest BCUT2D eigenvalue weighted by atomic mass is 14.8. The molecule has 4 bridgehead atoms. The molecule has 0 aromatic rings. The van der Waals surface area contributed by atoms with Gasteiger partial charge in [0.05, 0.1) is 0 Å². The van der Waals surface area contributed by atoms with Crippen LogP contribution in [0.1, 0.15) is 78.1 Å². The van der Waals surface area contributed by atoms with E-state index in [9.17, 15) is 0 Å². The minimum Gasteiger partial charge on any atom is -0.327 e. The number of hydrogen-bond donors (Lipinski definition) is 1. The molecule has 5 rings (SSSR count). The first kappa shape index (κ1) is 13.6. The van der Waals surface area contributed by atoms with Crippen molar-refractivity contribution in [3.05, 3.63) is 0 Å². The SMILES string of the molecule is CC1CCCC(C(N)C23CC4CC(CC(C)(C4)C2)C3)C1. The molecule has 0 aromatic heterocycles. The Morgan fingerprint density at radius 1 is 1.00 bits per heavy atom. The molecule has 5 atom stereocenters. The van der Waals surface area contributed by atoms with Crippen LogP contribution in [0.3, 0.4) is 0 Å². The summed E-state index contributed by atoms with van der Waals surface area (Å²) in [6, 6.07) is 0.510. The van der Waals surface area contributed by atoms with Crippen molar-refractivity contribution in [1.29, 1.82) is 0 Å². The largest absolute Gasteiger partial charge is 0.327 e. The van der Waals surface area contributed by atoms with Crippen molar-refractivity contribution >= 4 is 0 Å². The van der Waals surface area contributed by atoms with Crippen LogP contribution in [0.25, 0.3) is 0 Å². The van der Waals surface area contributed by atoms with Crippen molar-refractivity contribution in [2.24, 2.45) is 40.2 Å². The Balaban J connectivity index is 1.57. The van der Waals surface area contributed by atoms with E-state index in [0.29, 0.717) is 16.9 Å². The highest BCUT2D eigenvalue weighted by Crippen LogP contribution is 2.66. The van der Waals surface area contributed by atoms with Crippen molar-refractivity contribution in [1.82, 2.24) is 0 Å². The molecule has 5 fully saturated rings. The van der Waals surface area contributed by atoms with Gasteiger partial charge < -0.3 is 5.73 Å². The van der Waals surface area contributed by atoms with Crippen LogP contribution in [0.4, 0.5) is 0 Å². The highest BCUT2D eigenvalue weighted by Gasteiger charge is 2.58. The lowest BCUT2D eigenvalue weighted by molar-refractivity contribution is -0.122. The van der Waals surface area contributed by atoms with E-state index in [1.165, 1.54) is 64.2 Å². The molecule has 5 aliphatic carbocycles. The zero-order valence-corrected chi connectivity index (χ0v) is 13.5. The van der Waals surface area contributed by atoms with Crippen LogP contribution in [0.5, 0.6) is 0 Å². The van der Waals surface area contributed by atoms with E-state index < -0.39 is 0 Å². The molecule has 0 aromatic carbocycles. The Hall–Kier alpha value is -0.0400. The normalized spacial score (nSPS) is 56.0. The van der Waals surface area contributed by atoms with Gasteiger partial charge in [-0.2, -0.15) is 0 Å². The number of hydrogen-bond acceptors (Lipinski definition) is 1. The molecule has 5 unspecified atom stereocenters. The minimum atomic E-state index is 0.510. The maximum atomic E-state index is 6.97.